The van der Waals surface area contributed by atoms with Crippen LogP contribution in [0.15, 0.2) is 53.8 Å². The average Bonchev–Trinajstić information content (AvgIpc) is 3.23. The monoisotopic (exact) mass is 451 g/mol. The summed E-state index contributed by atoms with van der Waals surface area (Å²) in [6, 6.07) is 7.49. The van der Waals surface area contributed by atoms with Crippen LogP contribution in [-0.4, -0.2) is 26.2 Å². The summed E-state index contributed by atoms with van der Waals surface area (Å²) in [5, 5.41) is 27.7. The molecule has 0 aliphatic heterocycles. The lowest BCUT2D eigenvalue weighted by molar-refractivity contribution is -0.384. The van der Waals surface area contributed by atoms with Gasteiger partial charge >= 0.3 is 5.97 Å². The van der Waals surface area contributed by atoms with Crippen LogP contribution in [-0.2, 0) is 4.79 Å². The normalized spacial score (nSPS) is 11.6. The summed E-state index contributed by atoms with van der Waals surface area (Å²) >= 11 is 4.08. The molecule has 3 aromatic rings. The second-order valence-corrected chi connectivity index (χ2v) is 6.97. The number of carboxylic acid groups (broad SMARTS) is 1. The first-order valence-corrected chi connectivity index (χ1v) is 8.91. The van der Waals surface area contributed by atoms with Gasteiger partial charge in [-0.1, -0.05) is 0 Å². The molecule has 1 aromatic carbocycles. The highest BCUT2D eigenvalue weighted by molar-refractivity contribution is 9.10. The van der Waals surface area contributed by atoms with Crippen molar-refractivity contribution in [2.75, 3.05) is 0 Å². The molecule has 0 bridgehead atoms. The number of rotatable bonds is 6. The molecule has 3 rings (SSSR count). The highest BCUT2D eigenvalue weighted by Crippen LogP contribution is 2.34. The minimum absolute atomic E-state index is 0.0586. The zero-order valence-corrected chi connectivity index (χ0v) is 16.0. The number of hydrogen-bond acceptors (Lipinski definition) is 8. The van der Waals surface area contributed by atoms with E-state index in [0.717, 1.165) is 11.8 Å². The first-order valence-electron chi connectivity index (χ1n) is 7.30. The van der Waals surface area contributed by atoms with Crippen molar-refractivity contribution in [3.63, 3.8) is 0 Å². The van der Waals surface area contributed by atoms with Gasteiger partial charge in [-0.15, -0.1) is 10.2 Å². The quantitative estimate of drug-likeness (QED) is 0.248. The molecule has 27 heavy (non-hydrogen) atoms. The number of benzene rings is 1. The minimum Gasteiger partial charge on any atom is -0.477 e. The third-order valence-corrected chi connectivity index (χ3v) is 4.75. The van der Waals surface area contributed by atoms with Gasteiger partial charge < -0.3 is 13.9 Å². The lowest BCUT2D eigenvalue weighted by Gasteiger charge is -2.01. The van der Waals surface area contributed by atoms with Gasteiger partial charge in [0.15, 0.2) is 0 Å². The van der Waals surface area contributed by atoms with Gasteiger partial charge in [-0.25, -0.2) is 4.79 Å². The van der Waals surface area contributed by atoms with E-state index in [-0.39, 0.29) is 21.6 Å². The van der Waals surface area contributed by atoms with Gasteiger partial charge in [0.25, 0.3) is 10.9 Å². The topological polar surface area (TPSA) is 132 Å². The van der Waals surface area contributed by atoms with Crippen molar-refractivity contribution >= 4 is 45.4 Å². The Bertz CT molecular complexity index is 1060. The number of nitro benzene ring substituents is 1. The van der Waals surface area contributed by atoms with E-state index in [2.05, 4.69) is 26.1 Å². The second-order valence-electron chi connectivity index (χ2n) is 5.13. The molecule has 0 amide bonds. The van der Waals surface area contributed by atoms with Gasteiger partial charge in [-0.2, -0.15) is 0 Å². The molecule has 0 saturated heterocycles. The zero-order valence-electron chi connectivity index (χ0n) is 13.6. The molecule has 1 N–H and O–H groups in total. The summed E-state index contributed by atoms with van der Waals surface area (Å²) in [5.41, 5.74) is 0.536. The van der Waals surface area contributed by atoms with Crippen molar-refractivity contribution < 1.29 is 23.7 Å². The summed E-state index contributed by atoms with van der Waals surface area (Å²) in [7, 11) is 0. The Morgan fingerprint density at radius 3 is 2.67 bits per heavy atom. The molecule has 0 unspecified atom stereocenters. The molecule has 0 atom stereocenters. The zero-order chi connectivity index (χ0) is 19.6. The number of aromatic nitrogens is 2. The summed E-state index contributed by atoms with van der Waals surface area (Å²) in [5.74, 6) is -0.140. The van der Waals surface area contributed by atoms with E-state index in [9.17, 15) is 20.0 Å². The lowest BCUT2D eigenvalue weighted by atomic mass is 10.1. The van der Waals surface area contributed by atoms with Gasteiger partial charge in [-0.3, -0.25) is 10.1 Å². The number of nitrogens with zero attached hydrogens (tertiary/aromatic N) is 3. The summed E-state index contributed by atoms with van der Waals surface area (Å²) in [6.45, 7) is 1.60. The van der Waals surface area contributed by atoms with E-state index in [1.807, 2.05) is 0 Å². The summed E-state index contributed by atoms with van der Waals surface area (Å²) in [6.07, 6.45) is 1.33. The number of halogens is 1. The van der Waals surface area contributed by atoms with E-state index in [1.54, 1.807) is 25.1 Å². The molecule has 2 aromatic heterocycles. The van der Waals surface area contributed by atoms with Gasteiger partial charge in [-0.05, 0) is 45.9 Å². The van der Waals surface area contributed by atoms with E-state index < -0.39 is 10.9 Å². The standard InChI is InChI=1S/C16H10BrN3O6S/c1-8-18-19-16(25-8)27-14(15(21)22)7-10-3-5-13(26-10)11-4-2-9(20(23)24)6-12(11)17/h2-7H,1H3,(H,21,22)/b14-7-. The Balaban J connectivity index is 1.88. The Kier molecular flexibility index (Phi) is 5.42. The third kappa shape index (κ3) is 4.44. The number of furan rings is 1. The van der Waals surface area contributed by atoms with Crippen molar-refractivity contribution in [2.24, 2.45) is 0 Å². The number of aryl methyl sites for hydroxylation is 1. The number of nitro groups is 1. The lowest BCUT2D eigenvalue weighted by Crippen LogP contribution is -1.96. The number of carboxylic acids is 1. The van der Waals surface area contributed by atoms with Gasteiger partial charge in [0.2, 0.25) is 5.89 Å². The highest BCUT2D eigenvalue weighted by Gasteiger charge is 2.17. The second kappa shape index (κ2) is 7.76. The molecule has 0 aliphatic carbocycles. The van der Waals surface area contributed by atoms with Crippen LogP contribution in [0.25, 0.3) is 17.4 Å². The van der Waals surface area contributed by atoms with Crippen LogP contribution in [0.4, 0.5) is 5.69 Å². The van der Waals surface area contributed by atoms with Crippen molar-refractivity contribution in [1.82, 2.24) is 10.2 Å². The molecule has 0 saturated carbocycles. The van der Waals surface area contributed by atoms with Crippen molar-refractivity contribution in [3.05, 3.63) is 61.5 Å². The predicted octanol–water partition coefficient (Wildman–Crippen LogP) is 4.53. The molecule has 138 valence electrons. The molecule has 0 aliphatic rings. The Morgan fingerprint density at radius 2 is 2.07 bits per heavy atom. The van der Waals surface area contributed by atoms with Crippen molar-refractivity contribution in [3.8, 4) is 11.3 Å². The SMILES string of the molecule is Cc1nnc(S/C(=C\c2ccc(-c3ccc([N+](=O)[O-])cc3Br)o2)C(=O)O)o1. The first kappa shape index (κ1) is 18.9. The van der Waals surface area contributed by atoms with E-state index in [0.29, 0.717) is 21.7 Å². The maximum absolute atomic E-state index is 11.5. The molecule has 11 heteroatoms. The third-order valence-electron chi connectivity index (χ3n) is 3.24. The first-order chi connectivity index (χ1) is 12.8. The molecule has 0 fully saturated rings. The molecule has 9 nitrogen and oxygen atoms in total. The van der Waals surface area contributed by atoms with Crippen molar-refractivity contribution in [1.29, 1.82) is 0 Å². The fraction of sp³-hybridized carbons (Fsp3) is 0.0625. The maximum Gasteiger partial charge on any atom is 0.342 e. The fourth-order valence-electron chi connectivity index (χ4n) is 2.07. The van der Waals surface area contributed by atoms with E-state index >= 15 is 0 Å². The number of hydrogen-bond donors (Lipinski definition) is 1. The Labute approximate surface area is 164 Å². The van der Waals surface area contributed by atoms with E-state index in [4.69, 9.17) is 8.83 Å². The van der Waals surface area contributed by atoms with Crippen LogP contribution in [0.3, 0.4) is 0 Å². The van der Waals surface area contributed by atoms with Crippen LogP contribution in [0, 0.1) is 17.0 Å². The fourth-order valence-corrected chi connectivity index (χ4v) is 3.33. The van der Waals surface area contributed by atoms with Crippen LogP contribution >= 0.6 is 27.7 Å². The molecule has 0 spiro atoms. The Hall–Kier alpha value is -2.92. The predicted molar refractivity (Wildman–Crippen MR) is 99.0 cm³/mol. The Morgan fingerprint density at radius 1 is 1.30 bits per heavy atom. The average molecular weight is 452 g/mol. The smallest absolute Gasteiger partial charge is 0.342 e. The van der Waals surface area contributed by atoms with Gasteiger partial charge in [0.1, 0.15) is 16.4 Å². The number of carbonyl (C=O) groups is 1. The summed E-state index contributed by atoms with van der Waals surface area (Å²) < 4.78 is 11.3. The van der Waals surface area contributed by atoms with Gasteiger partial charge in [0, 0.05) is 35.2 Å². The molecular formula is C16H10BrN3O6S. The van der Waals surface area contributed by atoms with Crippen LogP contribution in [0.1, 0.15) is 11.7 Å². The number of non-ortho nitro benzene ring substituents is 1. The van der Waals surface area contributed by atoms with Crippen molar-refractivity contribution in [2.45, 2.75) is 12.1 Å². The molecular weight excluding hydrogens is 442 g/mol. The van der Waals surface area contributed by atoms with Crippen LogP contribution in [0.2, 0.25) is 0 Å². The molecule has 0 radical (unpaired) electrons. The summed E-state index contributed by atoms with van der Waals surface area (Å²) in [4.78, 5) is 21.7. The maximum atomic E-state index is 11.5. The number of thioether (sulfide) groups is 1. The van der Waals surface area contributed by atoms with Crippen LogP contribution < -0.4 is 0 Å². The van der Waals surface area contributed by atoms with E-state index in [1.165, 1.54) is 18.2 Å². The number of aliphatic carboxylic acids is 1. The van der Waals surface area contributed by atoms with Crippen LogP contribution in [0.5, 0.6) is 0 Å². The highest BCUT2D eigenvalue weighted by atomic mass is 79.9. The minimum atomic E-state index is -1.18. The largest absolute Gasteiger partial charge is 0.477 e. The van der Waals surface area contributed by atoms with Gasteiger partial charge in [0.05, 0.1) is 4.92 Å². The molecule has 2 heterocycles.